The zero-order valence-corrected chi connectivity index (χ0v) is 6.45. The Morgan fingerprint density at radius 3 is 2.91 bits per heavy atom. The molecule has 0 radical (unpaired) electrons. The van der Waals surface area contributed by atoms with Gasteiger partial charge in [0.1, 0.15) is 6.10 Å². The number of carbonyl (C=O) groups is 1. The molecule has 0 aromatic heterocycles. The van der Waals surface area contributed by atoms with Gasteiger partial charge in [0.05, 0.1) is 6.42 Å². The summed E-state index contributed by atoms with van der Waals surface area (Å²) in [6.07, 6.45) is 5.04. The van der Waals surface area contributed by atoms with Gasteiger partial charge in [0.2, 0.25) is 0 Å². The van der Waals surface area contributed by atoms with Crippen molar-refractivity contribution >= 4 is 5.97 Å². The highest BCUT2D eigenvalue weighted by Gasteiger charge is 2.53. The summed E-state index contributed by atoms with van der Waals surface area (Å²) in [5.74, 6) is 2.23. The van der Waals surface area contributed by atoms with Gasteiger partial charge in [-0.25, -0.2) is 0 Å². The number of carbonyl (C=O) groups excluding carboxylic acids is 1. The van der Waals surface area contributed by atoms with Gasteiger partial charge in [-0.15, -0.1) is 0 Å². The van der Waals surface area contributed by atoms with Crippen LogP contribution < -0.4 is 0 Å². The molecule has 0 aromatic carbocycles. The molecule has 2 heteroatoms. The van der Waals surface area contributed by atoms with Crippen LogP contribution in [0.25, 0.3) is 0 Å². The van der Waals surface area contributed by atoms with Gasteiger partial charge in [0.15, 0.2) is 0 Å². The molecular weight excluding hydrogens is 140 g/mol. The molecule has 0 aromatic rings. The molecule has 3 aliphatic rings. The average Bonchev–Trinajstić information content (AvgIpc) is 2.53. The van der Waals surface area contributed by atoms with E-state index in [2.05, 4.69) is 0 Å². The van der Waals surface area contributed by atoms with Gasteiger partial charge in [0.25, 0.3) is 0 Å². The van der Waals surface area contributed by atoms with Crippen LogP contribution in [0.3, 0.4) is 0 Å². The van der Waals surface area contributed by atoms with Crippen LogP contribution in [0, 0.1) is 17.8 Å². The summed E-state index contributed by atoms with van der Waals surface area (Å²) in [6.45, 7) is 0. The van der Waals surface area contributed by atoms with E-state index in [1.807, 2.05) is 0 Å². The maximum Gasteiger partial charge on any atom is 0.306 e. The Bertz CT molecular complexity index is 192. The fourth-order valence-electron chi connectivity index (χ4n) is 3.22. The average molecular weight is 152 g/mol. The van der Waals surface area contributed by atoms with Crippen LogP contribution in [0.15, 0.2) is 0 Å². The molecule has 1 aliphatic heterocycles. The van der Waals surface area contributed by atoms with Crippen molar-refractivity contribution in [2.75, 3.05) is 0 Å². The fourth-order valence-corrected chi connectivity index (χ4v) is 3.22. The zero-order valence-electron chi connectivity index (χ0n) is 6.45. The highest BCUT2D eigenvalue weighted by Crippen LogP contribution is 2.53. The number of fused-ring (bicyclic) bond motifs is 5. The quantitative estimate of drug-likeness (QED) is 0.490. The number of hydrogen-bond acceptors (Lipinski definition) is 2. The molecule has 0 spiro atoms. The summed E-state index contributed by atoms with van der Waals surface area (Å²) < 4.78 is 5.28. The van der Waals surface area contributed by atoms with E-state index in [9.17, 15) is 4.79 Å². The summed E-state index contributed by atoms with van der Waals surface area (Å²) >= 11 is 0. The van der Waals surface area contributed by atoms with E-state index >= 15 is 0 Å². The number of esters is 1. The second-order valence-corrected chi connectivity index (χ2v) is 4.16. The van der Waals surface area contributed by atoms with E-state index in [-0.39, 0.29) is 5.97 Å². The molecule has 0 N–H and O–H groups in total. The van der Waals surface area contributed by atoms with Crippen LogP contribution in [-0.4, -0.2) is 12.1 Å². The van der Waals surface area contributed by atoms with Gasteiger partial charge < -0.3 is 4.74 Å². The maximum absolute atomic E-state index is 11.0. The second kappa shape index (κ2) is 1.79. The van der Waals surface area contributed by atoms with Crippen molar-refractivity contribution in [1.29, 1.82) is 0 Å². The molecular formula is C9H12O2. The first kappa shape index (κ1) is 6.04. The van der Waals surface area contributed by atoms with Gasteiger partial charge in [-0.05, 0) is 31.1 Å². The van der Waals surface area contributed by atoms with E-state index in [1.54, 1.807) is 0 Å². The third-order valence-corrected chi connectivity index (χ3v) is 3.68. The molecule has 4 atom stereocenters. The number of ether oxygens (including phenoxy) is 1. The van der Waals surface area contributed by atoms with Crippen molar-refractivity contribution in [3.8, 4) is 0 Å². The van der Waals surface area contributed by atoms with Gasteiger partial charge >= 0.3 is 5.97 Å². The Morgan fingerprint density at radius 2 is 2.09 bits per heavy atom. The van der Waals surface area contributed by atoms with Crippen molar-refractivity contribution in [2.24, 2.45) is 17.8 Å². The van der Waals surface area contributed by atoms with Crippen LogP contribution in [0.5, 0.6) is 0 Å². The van der Waals surface area contributed by atoms with Gasteiger partial charge in [-0.1, -0.05) is 0 Å². The predicted octanol–water partition coefficient (Wildman–Crippen LogP) is 1.35. The van der Waals surface area contributed by atoms with Crippen molar-refractivity contribution < 1.29 is 9.53 Å². The lowest BCUT2D eigenvalue weighted by atomic mass is 9.86. The first-order chi connectivity index (χ1) is 5.34. The van der Waals surface area contributed by atoms with E-state index in [0.717, 1.165) is 11.8 Å². The molecule has 0 unspecified atom stereocenters. The minimum atomic E-state index is 0.0524. The molecule has 3 fully saturated rings. The highest BCUT2D eigenvalue weighted by atomic mass is 16.6. The second-order valence-electron chi connectivity index (χ2n) is 4.16. The third-order valence-electron chi connectivity index (χ3n) is 3.68. The standard InChI is InChI=1S/C9H12O2/c10-8-4-7-5-1-2-6(3-5)9(7)11-8/h5-7,9H,1-4H2/t5-,6+,7+,9-/m0/s1. The first-order valence-corrected chi connectivity index (χ1v) is 4.54. The maximum atomic E-state index is 11.0. The molecule has 2 nitrogen and oxygen atoms in total. The van der Waals surface area contributed by atoms with Gasteiger partial charge in [-0.2, -0.15) is 0 Å². The highest BCUT2D eigenvalue weighted by molar-refractivity contribution is 5.72. The smallest absolute Gasteiger partial charge is 0.306 e. The van der Waals surface area contributed by atoms with Crippen LogP contribution in [0.1, 0.15) is 25.7 Å². The molecule has 2 bridgehead atoms. The van der Waals surface area contributed by atoms with Gasteiger partial charge in [0, 0.05) is 5.92 Å². The van der Waals surface area contributed by atoms with E-state index in [1.165, 1.54) is 19.3 Å². The van der Waals surface area contributed by atoms with Crippen molar-refractivity contribution in [2.45, 2.75) is 31.8 Å². The molecule has 2 aliphatic carbocycles. The molecule has 0 amide bonds. The largest absolute Gasteiger partial charge is 0.462 e. The van der Waals surface area contributed by atoms with Crippen molar-refractivity contribution in [3.63, 3.8) is 0 Å². The van der Waals surface area contributed by atoms with Crippen molar-refractivity contribution in [3.05, 3.63) is 0 Å². The molecule has 60 valence electrons. The Morgan fingerprint density at radius 1 is 1.27 bits per heavy atom. The summed E-state index contributed by atoms with van der Waals surface area (Å²) in [7, 11) is 0. The third kappa shape index (κ3) is 0.652. The van der Waals surface area contributed by atoms with E-state index < -0.39 is 0 Å². The number of hydrogen-bond donors (Lipinski definition) is 0. The molecule has 2 saturated carbocycles. The van der Waals surface area contributed by atoms with Crippen molar-refractivity contribution in [1.82, 2.24) is 0 Å². The SMILES string of the molecule is O=C1C[C@@H]2[C@H]3CC[C@H](C3)[C@@H]2O1. The minimum absolute atomic E-state index is 0.0524. The van der Waals surface area contributed by atoms with Gasteiger partial charge in [-0.3, -0.25) is 4.79 Å². The van der Waals surface area contributed by atoms with Crippen LogP contribution in [0.4, 0.5) is 0 Å². The number of rotatable bonds is 0. The van der Waals surface area contributed by atoms with Crippen LogP contribution in [0.2, 0.25) is 0 Å². The predicted molar refractivity (Wildman–Crippen MR) is 38.8 cm³/mol. The normalized spacial score (nSPS) is 52.9. The summed E-state index contributed by atoms with van der Waals surface area (Å²) in [5, 5.41) is 0. The fraction of sp³-hybridized carbons (Fsp3) is 0.889. The van der Waals surface area contributed by atoms with E-state index in [4.69, 9.17) is 4.74 Å². The monoisotopic (exact) mass is 152 g/mol. The topological polar surface area (TPSA) is 26.3 Å². The first-order valence-electron chi connectivity index (χ1n) is 4.54. The lowest BCUT2D eigenvalue weighted by Crippen LogP contribution is -2.23. The summed E-state index contributed by atoms with van der Waals surface area (Å²) in [5.41, 5.74) is 0. The summed E-state index contributed by atoms with van der Waals surface area (Å²) in [4.78, 5) is 11.0. The van der Waals surface area contributed by atoms with Crippen LogP contribution >= 0.6 is 0 Å². The molecule has 11 heavy (non-hydrogen) atoms. The molecule has 1 heterocycles. The lowest BCUT2D eigenvalue weighted by molar-refractivity contribution is -0.143. The lowest BCUT2D eigenvalue weighted by Gasteiger charge is -2.21. The Kier molecular flexibility index (Phi) is 0.984. The van der Waals surface area contributed by atoms with E-state index in [0.29, 0.717) is 18.4 Å². The zero-order chi connectivity index (χ0) is 7.42. The Balaban J connectivity index is 1.92. The Labute approximate surface area is 65.9 Å². The minimum Gasteiger partial charge on any atom is -0.462 e. The van der Waals surface area contributed by atoms with Crippen LogP contribution in [-0.2, 0) is 9.53 Å². The molecule has 1 saturated heterocycles. The summed E-state index contributed by atoms with van der Waals surface area (Å²) in [6, 6.07) is 0. The molecule has 3 rings (SSSR count). The Hall–Kier alpha value is -0.530.